The first-order chi connectivity index (χ1) is 12.4. The molecule has 136 valence electrons. The van der Waals surface area contributed by atoms with E-state index < -0.39 is 9.84 Å². The van der Waals surface area contributed by atoms with E-state index in [4.69, 9.17) is 9.47 Å². The van der Waals surface area contributed by atoms with Gasteiger partial charge in [-0.1, -0.05) is 30.7 Å². The van der Waals surface area contributed by atoms with Gasteiger partial charge in [0.2, 0.25) is 9.84 Å². The van der Waals surface area contributed by atoms with Crippen LogP contribution >= 0.6 is 0 Å². The molecule has 0 amide bonds. The van der Waals surface area contributed by atoms with Crippen molar-refractivity contribution in [1.29, 1.82) is 5.26 Å². The second-order valence-electron chi connectivity index (χ2n) is 5.70. The van der Waals surface area contributed by atoms with Crippen molar-refractivity contribution in [2.45, 2.75) is 25.2 Å². The zero-order valence-corrected chi connectivity index (χ0v) is 15.8. The van der Waals surface area contributed by atoms with E-state index in [0.29, 0.717) is 23.7 Å². The summed E-state index contributed by atoms with van der Waals surface area (Å²) in [6.07, 6.45) is 2.17. The van der Waals surface area contributed by atoms with Gasteiger partial charge in [-0.2, -0.15) is 5.26 Å². The quantitative estimate of drug-likeness (QED) is 0.684. The molecule has 0 unspecified atom stereocenters. The smallest absolute Gasteiger partial charge is 0.216 e. The van der Waals surface area contributed by atoms with Crippen molar-refractivity contribution in [1.82, 2.24) is 0 Å². The summed E-state index contributed by atoms with van der Waals surface area (Å²) in [5.74, 6) is 1.06. The van der Waals surface area contributed by atoms with Gasteiger partial charge >= 0.3 is 0 Å². The van der Waals surface area contributed by atoms with E-state index in [0.717, 1.165) is 12.0 Å². The molecule has 0 aliphatic rings. The summed E-state index contributed by atoms with van der Waals surface area (Å²) in [5, 5.41) is 9.40. The summed E-state index contributed by atoms with van der Waals surface area (Å²) in [6, 6.07) is 13.2. The van der Waals surface area contributed by atoms with Crippen LogP contribution in [-0.4, -0.2) is 22.1 Å². The lowest BCUT2D eigenvalue weighted by Crippen LogP contribution is -2.03. The number of ether oxygens (including phenoxy) is 2. The SMILES string of the molecule is CCCOc1cc(/C=C(\C#N)S(=O)(=O)c2ccc(C)cc2)ccc1OC. The molecule has 0 aromatic heterocycles. The van der Waals surface area contributed by atoms with Gasteiger partial charge in [-0.25, -0.2) is 8.42 Å². The Bertz CT molecular complexity index is 939. The van der Waals surface area contributed by atoms with Crippen molar-refractivity contribution in [3.63, 3.8) is 0 Å². The average molecular weight is 371 g/mol. The Morgan fingerprint density at radius 1 is 1.15 bits per heavy atom. The van der Waals surface area contributed by atoms with Crippen LogP contribution in [0.1, 0.15) is 24.5 Å². The van der Waals surface area contributed by atoms with E-state index in [-0.39, 0.29) is 9.80 Å². The molecule has 0 bridgehead atoms. The Morgan fingerprint density at radius 3 is 2.42 bits per heavy atom. The van der Waals surface area contributed by atoms with Crippen LogP contribution in [0.5, 0.6) is 11.5 Å². The molecule has 26 heavy (non-hydrogen) atoms. The molecule has 0 N–H and O–H groups in total. The molecule has 2 aromatic carbocycles. The molecule has 5 nitrogen and oxygen atoms in total. The number of methoxy groups -OCH3 is 1. The third-order valence-electron chi connectivity index (χ3n) is 3.68. The Labute approximate surface area is 154 Å². The van der Waals surface area contributed by atoms with Crippen molar-refractivity contribution in [2.24, 2.45) is 0 Å². The van der Waals surface area contributed by atoms with Gasteiger partial charge in [-0.05, 0) is 49.2 Å². The van der Waals surface area contributed by atoms with Gasteiger partial charge in [0.1, 0.15) is 11.0 Å². The fraction of sp³-hybridized carbons (Fsp3) is 0.250. The molecule has 0 saturated carbocycles. The van der Waals surface area contributed by atoms with Crippen molar-refractivity contribution in [2.75, 3.05) is 13.7 Å². The second-order valence-corrected chi connectivity index (χ2v) is 7.61. The van der Waals surface area contributed by atoms with Crippen molar-refractivity contribution >= 4 is 15.9 Å². The van der Waals surface area contributed by atoms with Crippen LogP contribution in [0.15, 0.2) is 52.3 Å². The molecule has 0 aliphatic heterocycles. The Hall–Kier alpha value is -2.78. The van der Waals surface area contributed by atoms with Crippen molar-refractivity contribution in [3.05, 3.63) is 58.5 Å². The maximum atomic E-state index is 12.7. The minimum absolute atomic E-state index is 0.0897. The summed E-state index contributed by atoms with van der Waals surface area (Å²) in [5.41, 5.74) is 1.49. The largest absolute Gasteiger partial charge is 0.493 e. The number of nitriles is 1. The normalized spacial score (nSPS) is 11.7. The topological polar surface area (TPSA) is 76.4 Å². The highest BCUT2D eigenvalue weighted by Crippen LogP contribution is 2.30. The zero-order valence-electron chi connectivity index (χ0n) is 15.0. The molecular formula is C20H21NO4S. The van der Waals surface area contributed by atoms with Gasteiger partial charge in [0.25, 0.3) is 0 Å². The van der Waals surface area contributed by atoms with Gasteiger partial charge in [-0.3, -0.25) is 0 Å². The number of hydrogen-bond donors (Lipinski definition) is 0. The minimum Gasteiger partial charge on any atom is -0.493 e. The molecule has 0 radical (unpaired) electrons. The predicted molar refractivity (Wildman–Crippen MR) is 101 cm³/mol. The van der Waals surface area contributed by atoms with Gasteiger partial charge in [0.15, 0.2) is 11.5 Å². The first kappa shape index (κ1) is 19.5. The third kappa shape index (κ3) is 4.44. The Kier molecular flexibility index (Phi) is 6.42. The highest BCUT2D eigenvalue weighted by Gasteiger charge is 2.21. The zero-order chi connectivity index (χ0) is 19.2. The minimum atomic E-state index is -3.88. The number of allylic oxidation sites excluding steroid dienone is 1. The van der Waals surface area contributed by atoms with Crippen molar-refractivity contribution < 1.29 is 17.9 Å². The number of hydrogen-bond acceptors (Lipinski definition) is 5. The molecule has 0 saturated heterocycles. The molecular weight excluding hydrogens is 350 g/mol. The third-order valence-corrected chi connectivity index (χ3v) is 5.36. The molecule has 0 spiro atoms. The van der Waals surface area contributed by atoms with Gasteiger partial charge < -0.3 is 9.47 Å². The predicted octanol–water partition coefficient (Wildman–Crippen LogP) is 4.13. The van der Waals surface area contributed by atoms with Crippen LogP contribution in [0.3, 0.4) is 0 Å². The van der Waals surface area contributed by atoms with Crippen molar-refractivity contribution in [3.8, 4) is 17.6 Å². The van der Waals surface area contributed by atoms with Gasteiger partial charge in [0, 0.05) is 0 Å². The highest BCUT2D eigenvalue weighted by molar-refractivity contribution is 7.95. The molecule has 0 fully saturated rings. The lowest BCUT2D eigenvalue weighted by molar-refractivity contribution is 0.294. The maximum absolute atomic E-state index is 12.7. The number of benzene rings is 2. The maximum Gasteiger partial charge on any atom is 0.216 e. The molecule has 2 aromatic rings. The highest BCUT2D eigenvalue weighted by atomic mass is 32.2. The van der Waals surface area contributed by atoms with Crippen LogP contribution in [0.2, 0.25) is 0 Å². The Balaban J connectivity index is 2.45. The summed E-state index contributed by atoms with van der Waals surface area (Å²) >= 11 is 0. The van der Waals surface area contributed by atoms with E-state index in [9.17, 15) is 13.7 Å². The lowest BCUT2D eigenvalue weighted by atomic mass is 10.2. The van der Waals surface area contributed by atoms with E-state index in [1.165, 1.54) is 25.3 Å². The van der Waals surface area contributed by atoms with Crippen LogP contribution in [0, 0.1) is 18.3 Å². The van der Waals surface area contributed by atoms with E-state index in [1.807, 2.05) is 13.8 Å². The second kappa shape index (κ2) is 8.54. The summed E-state index contributed by atoms with van der Waals surface area (Å²) < 4.78 is 36.3. The van der Waals surface area contributed by atoms with Gasteiger partial charge in [0.05, 0.1) is 18.6 Å². The molecule has 6 heteroatoms. The van der Waals surface area contributed by atoms with Crippen LogP contribution in [0.4, 0.5) is 0 Å². The fourth-order valence-corrected chi connectivity index (χ4v) is 3.43. The lowest BCUT2D eigenvalue weighted by Gasteiger charge is -2.11. The summed E-state index contributed by atoms with van der Waals surface area (Å²) in [4.78, 5) is -0.236. The Morgan fingerprint density at radius 2 is 1.85 bits per heavy atom. The standard InChI is InChI=1S/C20H21NO4S/c1-4-11-25-20-13-16(7-10-19(20)24-3)12-18(14-21)26(22,23)17-8-5-15(2)6-9-17/h5-10,12-13H,4,11H2,1-3H3/b18-12+. The number of sulfone groups is 1. The average Bonchev–Trinajstić information content (AvgIpc) is 2.64. The van der Waals surface area contributed by atoms with Crippen LogP contribution < -0.4 is 9.47 Å². The van der Waals surface area contributed by atoms with Crippen LogP contribution in [0.25, 0.3) is 6.08 Å². The molecule has 0 heterocycles. The molecule has 0 aliphatic carbocycles. The van der Waals surface area contributed by atoms with E-state index in [1.54, 1.807) is 36.4 Å². The first-order valence-corrected chi connectivity index (χ1v) is 9.65. The fourth-order valence-electron chi connectivity index (χ4n) is 2.27. The number of rotatable bonds is 7. The van der Waals surface area contributed by atoms with Gasteiger partial charge in [-0.15, -0.1) is 0 Å². The number of nitrogens with zero attached hydrogens (tertiary/aromatic N) is 1. The molecule has 2 rings (SSSR count). The monoisotopic (exact) mass is 371 g/mol. The molecule has 0 atom stereocenters. The summed E-state index contributed by atoms with van der Waals surface area (Å²) in [6.45, 7) is 4.36. The van der Waals surface area contributed by atoms with E-state index >= 15 is 0 Å². The van der Waals surface area contributed by atoms with Crippen LogP contribution in [-0.2, 0) is 9.84 Å². The first-order valence-electron chi connectivity index (χ1n) is 8.16. The summed E-state index contributed by atoms with van der Waals surface area (Å²) in [7, 11) is -2.35. The number of aryl methyl sites for hydroxylation is 1. The van der Waals surface area contributed by atoms with E-state index in [2.05, 4.69) is 0 Å².